The van der Waals surface area contributed by atoms with Gasteiger partial charge < -0.3 is 11.1 Å². The fraction of sp³-hybridized carbons (Fsp3) is 0.500. The topological polar surface area (TPSA) is 55.1 Å². The Bertz CT molecular complexity index is 327. The van der Waals surface area contributed by atoms with Crippen LogP contribution in [0.3, 0.4) is 0 Å². The summed E-state index contributed by atoms with van der Waals surface area (Å²) in [7, 11) is 0. The molecule has 0 aromatic carbocycles. The number of amides is 1. The maximum Gasteiger partial charge on any atom is 0.236 e. The van der Waals surface area contributed by atoms with Crippen molar-refractivity contribution >= 4 is 28.8 Å². The van der Waals surface area contributed by atoms with Crippen LogP contribution in [0.25, 0.3) is 0 Å². The molecule has 0 saturated heterocycles. The Balaban J connectivity index is 2.24. The van der Waals surface area contributed by atoms with Gasteiger partial charge in [0.2, 0.25) is 5.91 Å². The molecule has 3 nitrogen and oxygen atoms in total. The quantitative estimate of drug-likeness (QED) is 0.833. The summed E-state index contributed by atoms with van der Waals surface area (Å²) in [4.78, 5) is 12.5. The van der Waals surface area contributed by atoms with Gasteiger partial charge in [-0.2, -0.15) is 0 Å². The van der Waals surface area contributed by atoms with Crippen LogP contribution in [0.4, 0.5) is 0 Å². The second kappa shape index (κ2) is 6.10. The van der Waals surface area contributed by atoms with Crippen LogP contribution in [0, 0.1) is 0 Å². The Hall–Kier alpha value is -0.580. The molecule has 0 aliphatic heterocycles. The van der Waals surface area contributed by atoms with Crippen molar-refractivity contribution in [2.45, 2.75) is 25.8 Å². The molecule has 0 radical (unpaired) electrons. The number of hydrogen-bond donors (Lipinski definition) is 2. The highest BCUT2D eigenvalue weighted by atomic mass is 35.5. The second-order valence-corrected chi connectivity index (χ2v) is 5.06. The van der Waals surface area contributed by atoms with Crippen LogP contribution < -0.4 is 11.1 Å². The molecule has 84 valence electrons. The van der Waals surface area contributed by atoms with Crippen molar-refractivity contribution in [1.82, 2.24) is 5.32 Å². The molecule has 0 saturated carbocycles. The number of carbonyl (C=O) groups excluding carboxylic acids is 1. The van der Waals surface area contributed by atoms with E-state index in [9.17, 15) is 4.79 Å². The Morgan fingerprint density at radius 2 is 2.40 bits per heavy atom. The maximum absolute atomic E-state index is 11.3. The Morgan fingerprint density at radius 1 is 1.67 bits per heavy atom. The molecule has 1 amide bonds. The summed E-state index contributed by atoms with van der Waals surface area (Å²) < 4.78 is 0.779. The first kappa shape index (κ1) is 12.5. The average molecular weight is 247 g/mol. The summed E-state index contributed by atoms with van der Waals surface area (Å²) in [5.41, 5.74) is 5.57. The number of nitrogens with two attached hydrogens (primary N) is 1. The van der Waals surface area contributed by atoms with E-state index in [0.717, 1.165) is 10.8 Å². The summed E-state index contributed by atoms with van der Waals surface area (Å²) in [6.07, 6.45) is 1.47. The maximum atomic E-state index is 11.3. The predicted octanol–water partition coefficient (Wildman–Crippen LogP) is 1.80. The summed E-state index contributed by atoms with van der Waals surface area (Å²) in [5, 5.41) is 2.79. The first-order chi connectivity index (χ1) is 7.13. The van der Waals surface area contributed by atoms with Gasteiger partial charge in [-0.15, -0.1) is 11.3 Å². The monoisotopic (exact) mass is 246 g/mol. The molecule has 1 heterocycles. The third-order valence-corrected chi connectivity index (χ3v) is 3.37. The highest BCUT2D eigenvalue weighted by Gasteiger charge is 2.09. The van der Waals surface area contributed by atoms with Gasteiger partial charge in [-0.3, -0.25) is 4.79 Å². The third-order valence-electron chi connectivity index (χ3n) is 2.08. The van der Waals surface area contributed by atoms with Crippen molar-refractivity contribution < 1.29 is 4.79 Å². The lowest BCUT2D eigenvalue weighted by molar-refractivity contribution is -0.122. The minimum Gasteiger partial charge on any atom is -0.354 e. The van der Waals surface area contributed by atoms with E-state index < -0.39 is 6.04 Å². The largest absolute Gasteiger partial charge is 0.354 e. The van der Waals surface area contributed by atoms with Crippen molar-refractivity contribution in [3.8, 4) is 0 Å². The Labute approximate surface area is 98.6 Å². The number of rotatable bonds is 5. The molecule has 3 N–H and O–H groups in total. The third kappa shape index (κ3) is 4.20. The van der Waals surface area contributed by atoms with E-state index in [0.29, 0.717) is 13.0 Å². The van der Waals surface area contributed by atoms with Crippen LogP contribution in [0.1, 0.15) is 18.2 Å². The molecule has 1 atom stereocenters. The zero-order valence-electron chi connectivity index (χ0n) is 8.63. The fourth-order valence-corrected chi connectivity index (χ4v) is 2.20. The molecule has 0 spiro atoms. The molecule has 0 fully saturated rings. The Morgan fingerprint density at radius 3 is 2.93 bits per heavy atom. The summed E-state index contributed by atoms with van der Waals surface area (Å²) >= 11 is 7.32. The van der Waals surface area contributed by atoms with Gasteiger partial charge in [-0.25, -0.2) is 0 Å². The zero-order valence-corrected chi connectivity index (χ0v) is 10.2. The number of carbonyl (C=O) groups is 1. The van der Waals surface area contributed by atoms with Crippen LogP contribution in [-0.4, -0.2) is 18.5 Å². The van der Waals surface area contributed by atoms with Crippen molar-refractivity contribution in [2.24, 2.45) is 5.73 Å². The van der Waals surface area contributed by atoms with E-state index >= 15 is 0 Å². The van der Waals surface area contributed by atoms with Crippen molar-refractivity contribution in [2.75, 3.05) is 6.54 Å². The smallest absolute Gasteiger partial charge is 0.236 e. The number of nitrogens with one attached hydrogen (secondary N) is 1. The minimum absolute atomic E-state index is 0.0832. The molecule has 0 aliphatic carbocycles. The summed E-state index contributed by atoms with van der Waals surface area (Å²) in [6, 6.07) is 3.44. The van der Waals surface area contributed by atoms with Gasteiger partial charge in [-0.1, -0.05) is 18.5 Å². The normalized spacial score (nSPS) is 12.5. The van der Waals surface area contributed by atoms with Crippen LogP contribution in [0.5, 0.6) is 0 Å². The highest BCUT2D eigenvalue weighted by Crippen LogP contribution is 2.21. The van der Waals surface area contributed by atoms with Crippen LogP contribution >= 0.6 is 22.9 Å². The molecule has 1 aromatic rings. The van der Waals surface area contributed by atoms with E-state index in [4.69, 9.17) is 17.3 Å². The lowest BCUT2D eigenvalue weighted by Gasteiger charge is -2.08. The molecule has 0 bridgehead atoms. The van der Waals surface area contributed by atoms with E-state index in [1.165, 1.54) is 16.2 Å². The van der Waals surface area contributed by atoms with Crippen molar-refractivity contribution in [3.05, 3.63) is 21.3 Å². The lowest BCUT2D eigenvalue weighted by atomic mass is 10.2. The molecule has 5 heteroatoms. The van der Waals surface area contributed by atoms with Crippen LogP contribution in [0.15, 0.2) is 12.1 Å². The van der Waals surface area contributed by atoms with Crippen molar-refractivity contribution in [3.63, 3.8) is 0 Å². The van der Waals surface area contributed by atoms with Crippen molar-refractivity contribution in [1.29, 1.82) is 0 Å². The van der Waals surface area contributed by atoms with E-state index in [2.05, 4.69) is 5.32 Å². The minimum atomic E-state index is -0.392. The fourth-order valence-electron chi connectivity index (χ4n) is 1.11. The molecule has 0 unspecified atom stereocenters. The molecule has 1 aromatic heterocycles. The summed E-state index contributed by atoms with van der Waals surface area (Å²) in [5.74, 6) is -0.0832. The van der Waals surface area contributed by atoms with Crippen LogP contribution in [0.2, 0.25) is 4.34 Å². The van der Waals surface area contributed by atoms with Gasteiger partial charge in [-0.05, 0) is 25.0 Å². The SMILES string of the molecule is CC[C@H](N)C(=O)NCCc1ccc(Cl)s1. The first-order valence-electron chi connectivity index (χ1n) is 4.91. The van der Waals surface area contributed by atoms with Gasteiger partial charge in [0.15, 0.2) is 0 Å². The van der Waals surface area contributed by atoms with Gasteiger partial charge >= 0.3 is 0 Å². The van der Waals surface area contributed by atoms with E-state index in [-0.39, 0.29) is 5.91 Å². The van der Waals surface area contributed by atoms with E-state index in [1.54, 1.807) is 0 Å². The Kier molecular flexibility index (Phi) is 5.08. The standard InChI is InChI=1S/C10H15ClN2OS/c1-2-8(12)10(14)13-6-5-7-3-4-9(11)15-7/h3-4,8H,2,5-6,12H2,1H3,(H,13,14)/t8-/m0/s1. The molecular formula is C10H15ClN2OS. The number of halogens is 1. The zero-order chi connectivity index (χ0) is 11.3. The molecular weight excluding hydrogens is 232 g/mol. The first-order valence-corrected chi connectivity index (χ1v) is 6.10. The average Bonchev–Trinajstić information content (AvgIpc) is 2.63. The van der Waals surface area contributed by atoms with Gasteiger partial charge in [0.05, 0.1) is 10.4 Å². The highest BCUT2D eigenvalue weighted by molar-refractivity contribution is 7.16. The molecule has 1 rings (SSSR count). The van der Waals surface area contributed by atoms with Gasteiger partial charge in [0.25, 0.3) is 0 Å². The number of hydrogen-bond acceptors (Lipinski definition) is 3. The summed E-state index contributed by atoms with van der Waals surface area (Å²) in [6.45, 7) is 2.51. The molecule has 0 aliphatic rings. The second-order valence-electron chi connectivity index (χ2n) is 3.26. The van der Waals surface area contributed by atoms with Gasteiger partial charge in [0.1, 0.15) is 0 Å². The lowest BCUT2D eigenvalue weighted by Crippen LogP contribution is -2.40. The van der Waals surface area contributed by atoms with E-state index in [1.807, 2.05) is 19.1 Å². The number of thiophene rings is 1. The van der Waals surface area contributed by atoms with Gasteiger partial charge in [0, 0.05) is 11.4 Å². The molecule has 15 heavy (non-hydrogen) atoms. The van der Waals surface area contributed by atoms with Crippen LogP contribution in [-0.2, 0) is 11.2 Å². The predicted molar refractivity (Wildman–Crippen MR) is 64.3 cm³/mol.